The smallest absolute Gasteiger partial charge is 0.100 e. The second-order valence-electron chi connectivity index (χ2n) is 4.36. The molecule has 2 aliphatic heterocycles. The standard InChI is InChI=1S/C11H15N3OS/c15-14-7-5-11(6-8-14)12-9-3-1-2-4-10(9)16-13-11/h1-4,12-13,15H,5-8H2. The lowest BCUT2D eigenvalue weighted by Crippen LogP contribution is -2.57. The number of hydroxylamine groups is 2. The van der Waals surface area contributed by atoms with Gasteiger partial charge in [0.25, 0.3) is 0 Å². The van der Waals surface area contributed by atoms with Crippen molar-refractivity contribution < 1.29 is 5.21 Å². The molecule has 0 unspecified atom stereocenters. The summed E-state index contributed by atoms with van der Waals surface area (Å²) < 4.78 is 3.48. The normalized spacial score (nSPS) is 23.8. The van der Waals surface area contributed by atoms with Gasteiger partial charge in [-0.05, 0) is 36.9 Å². The van der Waals surface area contributed by atoms with Crippen molar-refractivity contribution in [3.8, 4) is 0 Å². The van der Waals surface area contributed by atoms with E-state index in [9.17, 15) is 5.21 Å². The Hall–Kier alpha value is -0.750. The van der Waals surface area contributed by atoms with Crippen LogP contribution in [0.15, 0.2) is 29.2 Å². The molecule has 1 saturated heterocycles. The van der Waals surface area contributed by atoms with Gasteiger partial charge in [0.1, 0.15) is 5.66 Å². The third-order valence-corrected chi connectivity index (χ3v) is 4.28. The van der Waals surface area contributed by atoms with E-state index in [1.807, 2.05) is 12.1 Å². The van der Waals surface area contributed by atoms with Gasteiger partial charge < -0.3 is 10.5 Å². The summed E-state index contributed by atoms with van der Waals surface area (Å²) >= 11 is 1.68. The lowest BCUT2D eigenvalue weighted by atomic mass is 9.98. The summed E-state index contributed by atoms with van der Waals surface area (Å²) in [7, 11) is 0. The molecule has 0 saturated carbocycles. The lowest BCUT2D eigenvalue weighted by molar-refractivity contribution is -0.114. The molecule has 16 heavy (non-hydrogen) atoms. The van der Waals surface area contributed by atoms with Gasteiger partial charge in [-0.2, -0.15) is 5.06 Å². The molecule has 5 heteroatoms. The first-order chi connectivity index (χ1) is 7.77. The van der Waals surface area contributed by atoms with Crippen molar-refractivity contribution in [2.45, 2.75) is 23.4 Å². The Kier molecular flexibility index (Phi) is 2.55. The molecule has 0 aliphatic carbocycles. The number of anilines is 1. The second kappa shape index (κ2) is 3.92. The van der Waals surface area contributed by atoms with Crippen LogP contribution in [0, 0.1) is 0 Å². The van der Waals surface area contributed by atoms with Crippen molar-refractivity contribution >= 4 is 17.6 Å². The quantitative estimate of drug-likeness (QED) is 0.602. The third-order valence-electron chi connectivity index (χ3n) is 3.21. The van der Waals surface area contributed by atoms with Crippen molar-refractivity contribution in [1.29, 1.82) is 0 Å². The van der Waals surface area contributed by atoms with Crippen LogP contribution < -0.4 is 10.0 Å². The molecule has 0 bridgehead atoms. The van der Waals surface area contributed by atoms with Crippen LogP contribution in [0.3, 0.4) is 0 Å². The van der Waals surface area contributed by atoms with Gasteiger partial charge in [-0.3, -0.25) is 0 Å². The Morgan fingerprint density at radius 2 is 2.00 bits per heavy atom. The van der Waals surface area contributed by atoms with Gasteiger partial charge in [0.05, 0.1) is 5.69 Å². The fourth-order valence-corrected chi connectivity index (χ4v) is 3.13. The molecular weight excluding hydrogens is 222 g/mol. The number of fused-ring (bicyclic) bond motifs is 1. The highest BCUT2D eigenvalue weighted by Crippen LogP contribution is 2.37. The highest BCUT2D eigenvalue weighted by atomic mass is 32.2. The van der Waals surface area contributed by atoms with Gasteiger partial charge in [0, 0.05) is 18.0 Å². The van der Waals surface area contributed by atoms with Crippen LogP contribution in [0.2, 0.25) is 0 Å². The summed E-state index contributed by atoms with van der Waals surface area (Å²) in [6.07, 6.45) is 1.82. The Bertz CT molecular complexity index is 391. The average molecular weight is 237 g/mol. The molecule has 0 aromatic heterocycles. The number of nitrogens with one attached hydrogen (secondary N) is 2. The molecule has 0 radical (unpaired) electrons. The predicted molar refractivity (Wildman–Crippen MR) is 64.4 cm³/mol. The van der Waals surface area contributed by atoms with Crippen LogP contribution >= 0.6 is 11.9 Å². The van der Waals surface area contributed by atoms with Crippen LogP contribution in [0.1, 0.15) is 12.8 Å². The SMILES string of the molecule is ON1CCC2(CC1)NSc1ccccc1N2. The minimum atomic E-state index is -0.0573. The van der Waals surface area contributed by atoms with Crippen LogP contribution in [-0.2, 0) is 0 Å². The highest BCUT2D eigenvalue weighted by Gasteiger charge is 2.37. The van der Waals surface area contributed by atoms with Crippen molar-refractivity contribution in [1.82, 2.24) is 9.79 Å². The van der Waals surface area contributed by atoms with Crippen molar-refractivity contribution in [2.24, 2.45) is 0 Å². The molecule has 4 nitrogen and oxygen atoms in total. The van der Waals surface area contributed by atoms with E-state index in [1.54, 1.807) is 11.9 Å². The number of nitrogens with zero attached hydrogens (tertiary/aromatic N) is 1. The lowest BCUT2D eigenvalue weighted by Gasteiger charge is -2.44. The largest absolute Gasteiger partial charge is 0.366 e. The third kappa shape index (κ3) is 1.80. The van der Waals surface area contributed by atoms with Gasteiger partial charge in [-0.1, -0.05) is 12.1 Å². The van der Waals surface area contributed by atoms with Crippen LogP contribution in [0.5, 0.6) is 0 Å². The Morgan fingerprint density at radius 1 is 1.25 bits per heavy atom. The molecule has 3 N–H and O–H groups in total. The van der Waals surface area contributed by atoms with Crippen molar-refractivity contribution in [2.75, 3.05) is 18.4 Å². The molecule has 3 rings (SSSR count). The fourth-order valence-electron chi connectivity index (χ4n) is 2.20. The molecule has 1 aromatic carbocycles. The number of piperidine rings is 1. The van der Waals surface area contributed by atoms with Gasteiger partial charge in [-0.25, -0.2) is 4.72 Å². The topological polar surface area (TPSA) is 47.5 Å². The molecule has 0 atom stereocenters. The van der Waals surface area contributed by atoms with Gasteiger partial charge in [0.2, 0.25) is 0 Å². The van der Waals surface area contributed by atoms with E-state index < -0.39 is 0 Å². The Labute approximate surface area is 99.1 Å². The minimum Gasteiger partial charge on any atom is -0.366 e. The van der Waals surface area contributed by atoms with Gasteiger partial charge in [0.15, 0.2) is 0 Å². The van der Waals surface area contributed by atoms with E-state index in [2.05, 4.69) is 22.2 Å². The number of para-hydroxylation sites is 1. The van der Waals surface area contributed by atoms with E-state index in [0.29, 0.717) is 13.1 Å². The monoisotopic (exact) mass is 237 g/mol. The number of hydrogen-bond donors (Lipinski definition) is 3. The highest BCUT2D eigenvalue weighted by molar-refractivity contribution is 7.97. The summed E-state index contributed by atoms with van der Waals surface area (Å²) in [6.45, 7) is 1.42. The van der Waals surface area contributed by atoms with E-state index in [4.69, 9.17) is 0 Å². The molecule has 86 valence electrons. The maximum absolute atomic E-state index is 9.39. The maximum Gasteiger partial charge on any atom is 0.100 e. The summed E-state index contributed by atoms with van der Waals surface area (Å²) in [5.74, 6) is 0. The zero-order valence-electron chi connectivity index (χ0n) is 8.94. The zero-order valence-corrected chi connectivity index (χ0v) is 9.76. The molecule has 2 aliphatic rings. The second-order valence-corrected chi connectivity index (χ2v) is 5.21. The van der Waals surface area contributed by atoms with Crippen LogP contribution in [-0.4, -0.2) is 29.0 Å². The molecule has 1 aromatic rings. The minimum absolute atomic E-state index is 0.0573. The van der Waals surface area contributed by atoms with E-state index in [1.165, 1.54) is 15.6 Å². The van der Waals surface area contributed by atoms with Gasteiger partial charge >= 0.3 is 0 Å². The summed E-state index contributed by atoms with van der Waals surface area (Å²) in [4.78, 5) is 1.24. The molecular formula is C11H15N3OS. The first-order valence-electron chi connectivity index (χ1n) is 5.53. The first kappa shape index (κ1) is 10.4. The zero-order chi connectivity index (χ0) is 11.0. The number of benzene rings is 1. The van der Waals surface area contributed by atoms with Crippen molar-refractivity contribution in [3.63, 3.8) is 0 Å². The molecule has 2 heterocycles. The summed E-state index contributed by atoms with van der Waals surface area (Å²) in [6, 6.07) is 8.31. The molecule has 1 fully saturated rings. The van der Waals surface area contributed by atoms with E-state index in [-0.39, 0.29) is 5.66 Å². The van der Waals surface area contributed by atoms with E-state index in [0.717, 1.165) is 12.8 Å². The fraction of sp³-hybridized carbons (Fsp3) is 0.455. The summed E-state index contributed by atoms with van der Waals surface area (Å²) in [5.41, 5.74) is 1.13. The number of hydrogen-bond acceptors (Lipinski definition) is 5. The Balaban J connectivity index is 1.82. The van der Waals surface area contributed by atoms with Crippen LogP contribution in [0.25, 0.3) is 0 Å². The molecule has 1 spiro atoms. The summed E-state index contributed by atoms with van der Waals surface area (Å²) in [5, 5.41) is 14.3. The van der Waals surface area contributed by atoms with E-state index >= 15 is 0 Å². The van der Waals surface area contributed by atoms with Gasteiger partial charge in [-0.15, -0.1) is 0 Å². The van der Waals surface area contributed by atoms with Crippen LogP contribution in [0.4, 0.5) is 5.69 Å². The Morgan fingerprint density at radius 3 is 2.81 bits per heavy atom. The molecule has 0 amide bonds. The number of rotatable bonds is 0. The van der Waals surface area contributed by atoms with Crippen molar-refractivity contribution in [3.05, 3.63) is 24.3 Å². The average Bonchev–Trinajstić information content (AvgIpc) is 2.33. The predicted octanol–water partition coefficient (Wildman–Crippen LogP) is 1.89. The maximum atomic E-state index is 9.39. The first-order valence-corrected chi connectivity index (χ1v) is 6.34.